The summed E-state index contributed by atoms with van der Waals surface area (Å²) < 4.78 is 31.7. The molecule has 2 fully saturated rings. The van der Waals surface area contributed by atoms with Crippen LogP contribution in [0.3, 0.4) is 0 Å². The Morgan fingerprint density at radius 2 is 1.69 bits per heavy atom. The van der Waals surface area contributed by atoms with Crippen LogP contribution < -0.4 is 5.32 Å². The molecule has 0 amide bonds. The van der Waals surface area contributed by atoms with Crippen LogP contribution in [0.1, 0.15) is 12.8 Å². The summed E-state index contributed by atoms with van der Waals surface area (Å²) in [6.07, 6.45) is -3.04. The van der Waals surface area contributed by atoms with Crippen molar-refractivity contribution in [3.05, 3.63) is 0 Å². The zero-order valence-corrected chi connectivity index (χ0v) is 7.99. The maximum Gasteiger partial charge on any atom is 0.490 e. The number of carboxylic acids is 2. The molecule has 5 nitrogen and oxygen atoms in total. The molecule has 1 saturated heterocycles. The van der Waals surface area contributed by atoms with Gasteiger partial charge >= 0.3 is 18.1 Å². The highest BCUT2D eigenvalue weighted by Gasteiger charge is 2.47. The smallest absolute Gasteiger partial charge is 0.480 e. The molecule has 16 heavy (non-hydrogen) atoms. The van der Waals surface area contributed by atoms with Crippen LogP contribution in [0.2, 0.25) is 0 Å². The summed E-state index contributed by atoms with van der Waals surface area (Å²) in [6.45, 7) is 0. The van der Waals surface area contributed by atoms with Crippen molar-refractivity contribution in [1.82, 2.24) is 5.32 Å². The maximum atomic E-state index is 10.6. The van der Waals surface area contributed by atoms with Gasteiger partial charge in [-0.2, -0.15) is 13.2 Å². The van der Waals surface area contributed by atoms with E-state index in [4.69, 9.17) is 15.0 Å². The Bertz CT molecular complexity index is 294. The number of fused-ring (bicyclic) bond motifs is 1. The number of alkyl halides is 3. The minimum atomic E-state index is -5.08. The molecule has 1 saturated carbocycles. The molecule has 92 valence electrons. The van der Waals surface area contributed by atoms with E-state index in [1.807, 2.05) is 0 Å². The highest BCUT2D eigenvalue weighted by atomic mass is 19.4. The van der Waals surface area contributed by atoms with Crippen LogP contribution in [0.4, 0.5) is 13.2 Å². The van der Waals surface area contributed by atoms with E-state index in [1.54, 1.807) is 0 Å². The first-order chi connectivity index (χ1) is 7.21. The van der Waals surface area contributed by atoms with E-state index >= 15 is 0 Å². The predicted octanol–water partition coefficient (Wildman–Crippen LogP) is 0.455. The lowest BCUT2D eigenvalue weighted by Crippen LogP contribution is -2.33. The maximum absolute atomic E-state index is 10.6. The first-order valence-corrected chi connectivity index (χ1v) is 4.50. The SMILES string of the molecule is O=C(O)C(F)(F)F.O=C(O)[C@@H]1C[C@@H]2C[C@@H]2N1. The van der Waals surface area contributed by atoms with Crippen molar-refractivity contribution in [1.29, 1.82) is 0 Å². The van der Waals surface area contributed by atoms with Gasteiger partial charge < -0.3 is 15.5 Å². The van der Waals surface area contributed by atoms with E-state index in [2.05, 4.69) is 5.32 Å². The van der Waals surface area contributed by atoms with Crippen LogP contribution in [0.15, 0.2) is 0 Å². The fraction of sp³-hybridized carbons (Fsp3) is 0.750. The van der Waals surface area contributed by atoms with Crippen LogP contribution in [-0.4, -0.2) is 40.4 Å². The second-order valence-electron chi connectivity index (χ2n) is 3.70. The third kappa shape index (κ3) is 3.37. The normalized spacial score (nSPS) is 31.1. The Morgan fingerprint density at radius 1 is 1.19 bits per heavy atom. The molecule has 0 radical (unpaired) electrons. The van der Waals surface area contributed by atoms with Gasteiger partial charge in [-0.15, -0.1) is 0 Å². The predicted molar refractivity (Wildman–Crippen MR) is 44.8 cm³/mol. The van der Waals surface area contributed by atoms with Crippen molar-refractivity contribution in [3.63, 3.8) is 0 Å². The van der Waals surface area contributed by atoms with Gasteiger partial charge in [0, 0.05) is 6.04 Å². The Labute approximate surface area is 88.2 Å². The molecule has 1 heterocycles. The second kappa shape index (κ2) is 4.28. The summed E-state index contributed by atoms with van der Waals surface area (Å²) in [5.41, 5.74) is 0. The molecule has 3 N–H and O–H groups in total. The molecular weight excluding hydrogens is 231 g/mol. The highest BCUT2D eigenvalue weighted by Crippen LogP contribution is 2.40. The van der Waals surface area contributed by atoms with Gasteiger partial charge in [0.15, 0.2) is 0 Å². The number of aliphatic carboxylic acids is 2. The number of nitrogens with one attached hydrogen (secondary N) is 1. The Balaban J connectivity index is 0.000000168. The third-order valence-corrected chi connectivity index (χ3v) is 2.42. The molecule has 0 bridgehead atoms. The van der Waals surface area contributed by atoms with Crippen molar-refractivity contribution in [3.8, 4) is 0 Å². The number of rotatable bonds is 1. The molecule has 8 heteroatoms. The number of hydrogen-bond donors (Lipinski definition) is 3. The first kappa shape index (κ1) is 12.8. The number of hydrogen-bond acceptors (Lipinski definition) is 3. The summed E-state index contributed by atoms with van der Waals surface area (Å²) in [4.78, 5) is 19.2. The zero-order valence-electron chi connectivity index (χ0n) is 7.99. The Hall–Kier alpha value is -1.31. The average molecular weight is 241 g/mol. The van der Waals surface area contributed by atoms with Gasteiger partial charge in [0.2, 0.25) is 0 Å². The lowest BCUT2D eigenvalue weighted by atomic mass is 10.2. The summed E-state index contributed by atoms with van der Waals surface area (Å²) in [6, 6.07) is 0.305. The third-order valence-electron chi connectivity index (χ3n) is 2.42. The van der Waals surface area contributed by atoms with Gasteiger partial charge in [0.25, 0.3) is 0 Å². The number of carboxylic acid groups (broad SMARTS) is 2. The number of halogens is 3. The molecule has 3 atom stereocenters. The largest absolute Gasteiger partial charge is 0.490 e. The quantitative estimate of drug-likeness (QED) is 0.620. The van der Waals surface area contributed by atoms with Gasteiger partial charge in [-0.3, -0.25) is 4.79 Å². The fourth-order valence-electron chi connectivity index (χ4n) is 1.51. The molecule has 0 unspecified atom stereocenters. The van der Waals surface area contributed by atoms with E-state index in [0.717, 1.165) is 6.42 Å². The Morgan fingerprint density at radius 3 is 1.88 bits per heavy atom. The van der Waals surface area contributed by atoms with Gasteiger partial charge in [-0.05, 0) is 18.8 Å². The van der Waals surface area contributed by atoms with Crippen LogP contribution in [0, 0.1) is 5.92 Å². The van der Waals surface area contributed by atoms with Gasteiger partial charge in [0.1, 0.15) is 6.04 Å². The Kier molecular flexibility index (Phi) is 3.41. The van der Waals surface area contributed by atoms with Gasteiger partial charge in [0.05, 0.1) is 0 Å². The van der Waals surface area contributed by atoms with E-state index in [9.17, 15) is 18.0 Å². The molecular formula is C8H10F3NO4. The van der Waals surface area contributed by atoms with Gasteiger partial charge in [-0.1, -0.05) is 0 Å². The monoisotopic (exact) mass is 241 g/mol. The minimum absolute atomic E-state index is 0.242. The summed E-state index contributed by atoms with van der Waals surface area (Å²) in [7, 11) is 0. The van der Waals surface area contributed by atoms with E-state index < -0.39 is 18.1 Å². The number of piperidine rings is 1. The second-order valence-corrected chi connectivity index (χ2v) is 3.70. The van der Waals surface area contributed by atoms with Crippen LogP contribution >= 0.6 is 0 Å². The molecule has 2 rings (SSSR count). The standard InChI is InChI=1S/C6H9NO2.C2HF3O2/c8-6(9)5-2-3-1-4(3)7-5;3-2(4,5)1(6)7/h3-5,7H,1-2H2,(H,8,9);(H,6,7)/t3-,4-,5-;/m0./s1. The van der Waals surface area contributed by atoms with Gasteiger partial charge in [-0.25, -0.2) is 4.79 Å². The molecule has 0 aromatic carbocycles. The molecule has 0 aromatic rings. The van der Waals surface area contributed by atoms with Crippen LogP contribution in [0.5, 0.6) is 0 Å². The summed E-state index contributed by atoms with van der Waals surface area (Å²) in [5, 5.41) is 18.6. The lowest BCUT2D eigenvalue weighted by Gasteiger charge is -2.04. The summed E-state index contributed by atoms with van der Waals surface area (Å²) >= 11 is 0. The van der Waals surface area contributed by atoms with E-state index in [0.29, 0.717) is 12.0 Å². The molecule has 1 aliphatic heterocycles. The number of carbonyl (C=O) groups is 2. The van der Waals surface area contributed by atoms with Crippen molar-refractivity contribution in [2.24, 2.45) is 5.92 Å². The molecule has 2 aliphatic rings. The van der Waals surface area contributed by atoms with Crippen molar-refractivity contribution < 1.29 is 33.0 Å². The topological polar surface area (TPSA) is 86.6 Å². The zero-order chi connectivity index (χ0) is 12.5. The van der Waals surface area contributed by atoms with Crippen LogP contribution in [0.25, 0.3) is 0 Å². The van der Waals surface area contributed by atoms with Crippen molar-refractivity contribution in [2.75, 3.05) is 0 Å². The lowest BCUT2D eigenvalue weighted by molar-refractivity contribution is -0.192. The van der Waals surface area contributed by atoms with E-state index in [1.165, 1.54) is 6.42 Å². The molecule has 0 aromatic heterocycles. The van der Waals surface area contributed by atoms with Crippen molar-refractivity contribution in [2.45, 2.75) is 31.1 Å². The highest BCUT2D eigenvalue weighted by molar-refractivity contribution is 5.74. The minimum Gasteiger partial charge on any atom is -0.480 e. The molecule has 1 aliphatic carbocycles. The first-order valence-electron chi connectivity index (χ1n) is 4.50. The fourth-order valence-corrected chi connectivity index (χ4v) is 1.51. The van der Waals surface area contributed by atoms with Crippen LogP contribution in [-0.2, 0) is 9.59 Å². The van der Waals surface area contributed by atoms with E-state index in [-0.39, 0.29) is 6.04 Å². The summed E-state index contributed by atoms with van der Waals surface area (Å²) in [5.74, 6) is -2.76. The van der Waals surface area contributed by atoms with Crippen molar-refractivity contribution >= 4 is 11.9 Å². The average Bonchev–Trinajstić information content (AvgIpc) is 2.72. The molecule has 0 spiro atoms.